The third kappa shape index (κ3) is 6.15. The van der Waals surface area contributed by atoms with Gasteiger partial charge in [-0.05, 0) is 31.2 Å². The van der Waals surface area contributed by atoms with Crippen LogP contribution in [0.1, 0.15) is 24.8 Å². The SMILES string of the molecule is COc1cc(NC(=O)[C@H]2CCCN(S(=O)(=O)CCCc3ccccc3)C2)c(OC)cc1Cl. The van der Waals surface area contributed by atoms with E-state index in [4.69, 9.17) is 21.1 Å². The van der Waals surface area contributed by atoms with E-state index in [-0.39, 0.29) is 18.2 Å². The number of hydrogen-bond acceptors (Lipinski definition) is 5. The van der Waals surface area contributed by atoms with Crippen LogP contribution in [0.5, 0.6) is 11.5 Å². The zero-order chi connectivity index (χ0) is 23.1. The Balaban J connectivity index is 1.62. The van der Waals surface area contributed by atoms with Gasteiger partial charge in [-0.3, -0.25) is 4.79 Å². The number of ether oxygens (including phenoxy) is 2. The summed E-state index contributed by atoms with van der Waals surface area (Å²) in [6, 6.07) is 13.0. The van der Waals surface area contributed by atoms with E-state index in [9.17, 15) is 13.2 Å². The summed E-state index contributed by atoms with van der Waals surface area (Å²) in [6.07, 6.45) is 2.50. The fourth-order valence-electron chi connectivity index (χ4n) is 3.83. The lowest BCUT2D eigenvalue weighted by molar-refractivity contribution is -0.120. The van der Waals surface area contributed by atoms with E-state index in [0.717, 1.165) is 5.56 Å². The van der Waals surface area contributed by atoms with Gasteiger partial charge in [0.05, 0.1) is 36.6 Å². The van der Waals surface area contributed by atoms with Crippen LogP contribution in [-0.2, 0) is 21.2 Å². The molecule has 174 valence electrons. The first-order valence-electron chi connectivity index (χ1n) is 10.6. The number of anilines is 1. The van der Waals surface area contributed by atoms with Crippen molar-refractivity contribution in [2.75, 3.05) is 38.4 Å². The van der Waals surface area contributed by atoms with Crippen LogP contribution in [0.3, 0.4) is 0 Å². The molecule has 1 amide bonds. The molecule has 0 spiro atoms. The highest BCUT2D eigenvalue weighted by atomic mass is 35.5. The lowest BCUT2D eigenvalue weighted by Gasteiger charge is -2.31. The Kier molecular flexibility index (Phi) is 8.39. The van der Waals surface area contributed by atoms with Crippen molar-refractivity contribution in [3.63, 3.8) is 0 Å². The van der Waals surface area contributed by atoms with Gasteiger partial charge in [-0.2, -0.15) is 0 Å². The number of methoxy groups -OCH3 is 2. The molecule has 0 aliphatic carbocycles. The van der Waals surface area contributed by atoms with Crippen LogP contribution >= 0.6 is 11.6 Å². The van der Waals surface area contributed by atoms with E-state index in [1.165, 1.54) is 18.5 Å². The molecule has 1 saturated heterocycles. The second-order valence-corrected chi connectivity index (χ2v) is 10.3. The van der Waals surface area contributed by atoms with Crippen LogP contribution < -0.4 is 14.8 Å². The van der Waals surface area contributed by atoms with Crippen LogP contribution in [0.15, 0.2) is 42.5 Å². The minimum atomic E-state index is -3.43. The van der Waals surface area contributed by atoms with E-state index >= 15 is 0 Å². The predicted octanol–water partition coefficient (Wildman–Crippen LogP) is 3.97. The van der Waals surface area contributed by atoms with Crippen molar-refractivity contribution in [3.8, 4) is 11.5 Å². The van der Waals surface area contributed by atoms with Gasteiger partial charge in [0.1, 0.15) is 11.5 Å². The van der Waals surface area contributed by atoms with Crippen molar-refractivity contribution in [1.82, 2.24) is 4.31 Å². The van der Waals surface area contributed by atoms with Gasteiger partial charge in [0.2, 0.25) is 15.9 Å². The molecule has 2 aromatic rings. The van der Waals surface area contributed by atoms with E-state index in [1.807, 2.05) is 30.3 Å². The molecule has 0 unspecified atom stereocenters. The molecule has 1 N–H and O–H groups in total. The lowest BCUT2D eigenvalue weighted by Crippen LogP contribution is -2.44. The number of carbonyl (C=O) groups excluding carboxylic acids is 1. The Morgan fingerprint density at radius 2 is 1.88 bits per heavy atom. The molecule has 0 bridgehead atoms. The fourth-order valence-corrected chi connectivity index (χ4v) is 5.65. The minimum absolute atomic E-state index is 0.0679. The van der Waals surface area contributed by atoms with E-state index < -0.39 is 15.9 Å². The maximum atomic E-state index is 12.9. The molecular weight excluding hydrogens is 452 g/mol. The van der Waals surface area contributed by atoms with Crippen molar-refractivity contribution in [2.24, 2.45) is 5.92 Å². The van der Waals surface area contributed by atoms with Crippen LogP contribution in [0.2, 0.25) is 5.02 Å². The highest BCUT2D eigenvalue weighted by Crippen LogP contribution is 2.36. The summed E-state index contributed by atoms with van der Waals surface area (Å²) in [4.78, 5) is 12.9. The smallest absolute Gasteiger partial charge is 0.228 e. The summed E-state index contributed by atoms with van der Waals surface area (Å²) >= 11 is 6.12. The van der Waals surface area contributed by atoms with Gasteiger partial charge in [-0.1, -0.05) is 41.9 Å². The second kappa shape index (κ2) is 11.0. The second-order valence-electron chi connectivity index (χ2n) is 7.78. The fraction of sp³-hybridized carbons (Fsp3) is 0.435. The predicted molar refractivity (Wildman–Crippen MR) is 126 cm³/mol. The van der Waals surface area contributed by atoms with Crippen molar-refractivity contribution >= 4 is 33.2 Å². The van der Waals surface area contributed by atoms with Gasteiger partial charge in [-0.25, -0.2) is 12.7 Å². The number of sulfonamides is 1. The van der Waals surface area contributed by atoms with Gasteiger partial charge in [0.25, 0.3) is 0 Å². The Hall–Kier alpha value is -2.29. The molecule has 1 aliphatic rings. The molecule has 0 radical (unpaired) electrons. The molecule has 9 heteroatoms. The number of carbonyl (C=O) groups is 1. The highest BCUT2D eigenvalue weighted by molar-refractivity contribution is 7.89. The van der Waals surface area contributed by atoms with Gasteiger partial charge in [0, 0.05) is 25.2 Å². The standard InChI is InChI=1S/C23H29ClN2O5S/c1-30-21-15-20(22(31-2)14-19(21)24)25-23(27)18-11-6-12-26(16-18)32(28,29)13-7-10-17-8-4-3-5-9-17/h3-5,8-9,14-15,18H,6-7,10-13,16H2,1-2H3,(H,25,27)/t18-/m0/s1. The highest BCUT2D eigenvalue weighted by Gasteiger charge is 2.32. The molecule has 2 aromatic carbocycles. The summed E-state index contributed by atoms with van der Waals surface area (Å²) < 4.78 is 37.7. The summed E-state index contributed by atoms with van der Waals surface area (Å²) in [5, 5.41) is 3.21. The number of nitrogens with zero attached hydrogens (tertiary/aromatic N) is 1. The number of rotatable bonds is 9. The van der Waals surface area contributed by atoms with E-state index in [2.05, 4.69) is 5.32 Å². The number of nitrogens with one attached hydrogen (secondary N) is 1. The monoisotopic (exact) mass is 480 g/mol. The summed E-state index contributed by atoms with van der Waals surface area (Å²) in [6.45, 7) is 0.613. The number of benzene rings is 2. The quantitative estimate of drug-likeness (QED) is 0.587. The molecule has 1 atom stereocenters. The number of hydrogen-bond donors (Lipinski definition) is 1. The maximum Gasteiger partial charge on any atom is 0.228 e. The van der Waals surface area contributed by atoms with Gasteiger partial charge >= 0.3 is 0 Å². The Bertz CT molecular complexity index is 1030. The average Bonchev–Trinajstić information content (AvgIpc) is 2.80. The van der Waals surface area contributed by atoms with Crippen molar-refractivity contribution in [2.45, 2.75) is 25.7 Å². The molecule has 0 saturated carbocycles. The molecule has 1 fully saturated rings. The molecule has 7 nitrogen and oxygen atoms in total. The maximum absolute atomic E-state index is 12.9. The zero-order valence-electron chi connectivity index (χ0n) is 18.3. The number of halogens is 1. The average molecular weight is 481 g/mol. The minimum Gasteiger partial charge on any atom is -0.495 e. The summed E-state index contributed by atoms with van der Waals surface area (Å²) in [7, 11) is -0.459. The zero-order valence-corrected chi connectivity index (χ0v) is 19.9. The third-order valence-electron chi connectivity index (χ3n) is 5.59. The molecule has 1 aliphatic heterocycles. The molecule has 0 aromatic heterocycles. The molecule has 32 heavy (non-hydrogen) atoms. The van der Waals surface area contributed by atoms with Crippen molar-refractivity contribution < 1.29 is 22.7 Å². The number of aryl methyl sites for hydroxylation is 1. The Morgan fingerprint density at radius 3 is 2.56 bits per heavy atom. The van der Waals surface area contributed by atoms with Gasteiger partial charge in [-0.15, -0.1) is 0 Å². The molecular formula is C23H29ClN2O5S. The summed E-state index contributed by atoms with van der Waals surface area (Å²) in [5.41, 5.74) is 1.55. The normalized spacial score (nSPS) is 17.0. The number of piperidine rings is 1. The van der Waals surface area contributed by atoms with Gasteiger partial charge in [0.15, 0.2) is 0 Å². The van der Waals surface area contributed by atoms with Gasteiger partial charge < -0.3 is 14.8 Å². The van der Waals surface area contributed by atoms with E-state index in [1.54, 1.807) is 12.1 Å². The lowest BCUT2D eigenvalue weighted by atomic mass is 9.98. The molecule has 1 heterocycles. The Labute approximate surface area is 194 Å². The first-order valence-corrected chi connectivity index (χ1v) is 12.6. The summed E-state index contributed by atoms with van der Waals surface area (Å²) in [5.74, 6) is 0.189. The first kappa shape index (κ1) is 24.4. The van der Waals surface area contributed by atoms with Crippen LogP contribution in [0.4, 0.5) is 5.69 Å². The number of amides is 1. The molecule has 3 rings (SSSR count). The van der Waals surface area contributed by atoms with E-state index in [0.29, 0.717) is 54.4 Å². The Morgan fingerprint density at radius 1 is 1.16 bits per heavy atom. The van der Waals surface area contributed by atoms with Crippen LogP contribution in [0.25, 0.3) is 0 Å². The van der Waals surface area contributed by atoms with Crippen molar-refractivity contribution in [1.29, 1.82) is 0 Å². The largest absolute Gasteiger partial charge is 0.495 e. The van der Waals surface area contributed by atoms with Crippen LogP contribution in [-0.4, -0.2) is 51.7 Å². The first-order chi connectivity index (χ1) is 15.3. The topological polar surface area (TPSA) is 84.9 Å². The van der Waals surface area contributed by atoms with Crippen molar-refractivity contribution in [3.05, 3.63) is 53.1 Å². The third-order valence-corrected chi connectivity index (χ3v) is 7.81. The van der Waals surface area contributed by atoms with Crippen LogP contribution in [0, 0.1) is 5.92 Å².